The molecule has 0 aromatic heterocycles. The van der Waals surface area contributed by atoms with Crippen molar-refractivity contribution in [3.63, 3.8) is 0 Å². The first-order chi connectivity index (χ1) is 8.15. The van der Waals surface area contributed by atoms with Gasteiger partial charge >= 0.3 is 5.97 Å². The molecule has 0 unspecified atom stereocenters. The zero-order valence-corrected chi connectivity index (χ0v) is 10.4. The fourth-order valence-corrected chi connectivity index (χ4v) is 2.10. The lowest BCUT2D eigenvalue weighted by Crippen LogP contribution is -1.99. The molecule has 0 bridgehead atoms. The number of carbonyl (C=O) groups excluding carboxylic acids is 1. The van der Waals surface area contributed by atoms with Gasteiger partial charge in [-0.2, -0.15) is 0 Å². The van der Waals surface area contributed by atoms with Crippen LogP contribution in [-0.2, 0) is 4.74 Å². The number of carbonyl (C=O) groups is 1. The van der Waals surface area contributed by atoms with E-state index in [2.05, 4.69) is 19.9 Å². The van der Waals surface area contributed by atoms with Gasteiger partial charge < -0.3 is 4.74 Å². The Bertz CT molecular complexity index is 515. The Morgan fingerprint density at radius 2 is 1.76 bits per heavy atom. The van der Waals surface area contributed by atoms with Crippen LogP contribution in [0.4, 0.5) is 0 Å². The summed E-state index contributed by atoms with van der Waals surface area (Å²) in [4.78, 5) is 11.7. The van der Waals surface area contributed by atoms with Crippen LogP contribution < -0.4 is 0 Å². The van der Waals surface area contributed by atoms with E-state index in [1.165, 1.54) is 12.7 Å². The molecule has 2 aliphatic carbocycles. The maximum atomic E-state index is 11.7. The summed E-state index contributed by atoms with van der Waals surface area (Å²) in [5, 5.41) is 0. The quantitative estimate of drug-likeness (QED) is 0.732. The molecule has 2 nitrogen and oxygen atoms in total. The SMILES string of the molecule is COC(=O)c1cc(C(C)C)c2cccccc1-2. The van der Waals surface area contributed by atoms with Crippen LogP contribution in [-0.4, -0.2) is 13.1 Å². The van der Waals surface area contributed by atoms with Crippen LogP contribution in [0.5, 0.6) is 0 Å². The molecular weight excluding hydrogens is 212 g/mol. The van der Waals surface area contributed by atoms with Crippen molar-refractivity contribution in [2.24, 2.45) is 0 Å². The Labute approximate surface area is 102 Å². The van der Waals surface area contributed by atoms with Gasteiger partial charge in [-0.05, 0) is 28.7 Å². The highest BCUT2D eigenvalue weighted by atomic mass is 16.5. The molecule has 0 amide bonds. The zero-order valence-electron chi connectivity index (χ0n) is 10.4. The van der Waals surface area contributed by atoms with Crippen molar-refractivity contribution in [2.45, 2.75) is 19.8 Å². The molecule has 0 heterocycles. The third kappa shape index (κ3) is 2.03. The Morgan fingerprint density at radius 3 is 2.35 bits per heavy atom. The number of fused-ring (bicyclic) bond motifs is 1. The van der Waals surface area contributed by atoms with Gasteiger partial charge in [0.25, 0.3) is 0 Å². The van der Waals surface area contributed by atoms with E-state index in [1.807, 2.05) is 30.3 Å². The van der Waals surface area contributed by atoms with Crippen molar-refractivity contribution in [3.05, 3.63) is 47.5 Å². The van der Waals surface area contributed by atoms with Crippen LogP contribution in [0.25, 0.3) is 11.1 Å². The lowest BCUT2D eigenvalue weighted by molar-refractivity contribution is 0.0602. The Morgan fingerprint density at radius 1 is 1.12 bits per heavy atom. The predicted octanol–water partition coefficient (Wildman–Crippen LogP) is 3.70. The average molecular weight is 228 g/mol. The monoisotopic (exact) mass is 228 g/mol. The maximum Gasteiger partial charge on any atom is 0.338 e. The molecule has 0 aliphatic heterocycles. The summed E-state index contributed by atoms with van der Waals surface area (Å²) >= 11 is 0. The van der Waals surface area contributed by atoms with E-state index >= 15 is 0 Å². The second-order valence-corrected chi connectivity index (χ2v) is 4.40. The van der Waals surface area contributed by atoms with Crippen molar-refractivity contribution < 1.29 is 9.53 Å². The first-order valence-corrected chi connectivity index (χ1v) is 5.75. The van der Waals surface area contributed by atoms with Gasteiger partial charge in [-0.25, -0.2) is 4.79 Å². The van der Waals surface area contributed by atoms with Gasteiger partial charge in [0, 0.05) is 0 Å². The fourth-order valence-electron chi connectivity index (χ4n) is 2.10. The lowest BCUT2D eigenvalue weighted by atomic mass is 10.0. The highest BCUT2D eigenvalue weighted by molar-refractivity contribution is 6.00. The van der Waals surface area contributed by atoms with Gasteiger partial charge in [-0.15, -0.1) is 0 Å². The van der Waals surface area contributed by atoms with E-state index in [4.69, 9.17) is 4.74 Å². The summed E-state index contributed by atoms with van der Waals surface area (Å²) in [6.45, 7) is 4.26. The van der Waals surface area contributed by atoms with E-state index in [0.29, 0.717) is 11.5 Å². The van der Waals surface area contributed by atoms with Crippen LogP contribution in [0, 0.1) is 0 Å². The summed E-state index contributed by atoms with van der Waals surface area (Å²) in [5.41, 5.74) is 3.94. The topological polar surface area (TPSA) is 26.3 Å². The summed E-state index contributed by atoms with van der Waals surface area (Å²) in [6, 6.07) is 11.9. The molecule has 0 saturated carbocycles. The highest BCUT2D eigenvalue weighted by Gasteiger charge is 2.21. The minimum absolute atomic E-state index is 0.270. The average Bonchev–Trinajstić information content (AvgIpc) is 2.51. The number of rotatable bonds is 2. The fraction of sp³-hybridized carbons (Fsp3) is 0.267. The normalized spacial score (nSPS) is 10.8. The second-order valence-electron chi connectivity index (χ2n) is 4.40. The Hall–Kier alpha value is -1.83. The smallest absolute Gasteiger partial charge is 0.338 e. The molecule has 2 aliphatic rings. The summed E-state index contributed by atoms with van der Waals surface area (Å²) in [5.74, 6) is 0.117. The summed E-state index contributed by atoms with van der Waals surface area (Å²) in [7, 11) is 1.42. The van der Waals surface area contributed by atoms with Gasteiger partial charge in [0.1, 0.15) is 0 Å². The Balaban J connectivity index is 2.68. The number of methoxy groups -OCH3 is 1. The maximum absolute atomic E-state index is 11.7. The molecule has 0 radical (unpaired) electrons. The van der Waals surface area contributed by atoms with Crippen LogP contribution in [0.2, 0.25) is 0 Å². The summed E-state index contributed by atoms with van der Waals surface area (Å²) < 4.78 is 4.83. The largest absolute Gasteiger partial charge is 0.465 e. The highest BCUT2D eigenvalue weighted by Crippen LogP contribution is 2.36. The lowest BCUT2D eigenvalue weighted by Gasteiger charge is -2.04. The van der Waals surface area contributed by atoms with Gasteiger partial charge in [0.2, 0.25) is 0 Å². The van der Waals surface area contributed by atoms with Crippen molar-refractivity contribution in [1.82, 2.24) is 0 Å². The third-order valence-corrected chi connectivity index (χ3v) is 2.97. The van der Waals surface area contributed by atoms with E-state index < -0.39 is 0 Å². The number of esters is 1. The van der Waals surface area contributed by atoms with Gasteiger partial charge in [-0.1, -0.05) is 44.2 Å². The molecule has 2 heteroatoms. The van der Waals surface area contributed by atoms with Crippen molar-refractivity contribution in [3.8, 4) is 11.1 Å². The van der Waals surface area contributed by atoms with E-state index in [1.54, 1.807) is 0 Å². The number of hydrogen-bond donors (Lipinski definition) is 0. The van der Waals surface area contributed by atoms with Crippen molar-refractivity contribution >= 4 is 5.97 Å². The second kappa shape index (κ2) is 4.58. The standard InChI is InChI=1S/C15H16O2/c1-10(2)13-9-14(15(16)17-3)12-8-6-4-5-7-11(12)13/h4-10H,1-3H3. The van der Waals surface area contributed by atoms with Gasteiger partial charge in [-0.3, -0.25) is 0 Å². The van der Waals surface area contributed by atoms with E-state index in [0.717, 1.165) is 11.1 Å². The molecule has 17 heavy (non-hydrogen) atoms. The molecule has 0 aromatic carbocycles. The molecule has 0 aromatic rings. The van der Waals surface area contributed by atoms with Gasteiger partial charge in [0.15, 0.2) is 0 Å². The van der Waals surface area contributed by atoms with Crippen molar-refractivity contribution in [2.75, 3.05) is 7.11 Å². The van der Waals surface area contributed by atoms with Crippen LogP contribution >= 0.6 is 0 Å². The van der Waals surface area contributed by atoms with Crippen LogP contribution in [0.1, 0.15) is 35.7 Å². The molecule has 0 saturated heterocycles. The zero-order chi connectivity index (χ0) is 12.4. The molecule has 0 N–H and O–H groups in total. The third-order valence-electron chi connectivity index (χ3n) is 2.97. The predicted molar refractivity (Wildman–Crippen MR) is 68.5 cm³/mol. The molecule has 0 fully saturated rings. The minimum Gasteiger partial charge on any atom is -0.465 e. The first kappa shape index (κ1) is 11.6. The van der Waals surface area contributed by atoms with Gasteiger partial charge in [0.05, 0.1) is 12.7 Å². The van der Waals surface area contributed by atoms with E-state index in [-0.39, 0.29) is 5.97 Å². The minimum atomic E-state index is -0.270. The van der Waals surface area contributed by atoms with E-state index in [9.17, 15) is 4.79 Å². The number of ether oxygens (including phenoxy) is 1. The van der Waals surface area contributed by atoms with Crippen LogP contribution in [0.15, 0.2) is 36.4 Å². The molecule has 0 atom stereocenters. The molecule has 88 valence electrons. The van der Waals surface area contributed by atoms with Crippen LogP contribution in [0.3, 0.4) is 0 Å². The van der Waals surface area contributed by atoms with Crippen molar-refractivity contribution in [1.29, 1.82) is 0 Å². The molecular formula is C15H16O2. The molecule has 0 spiro atoms. The number of hydrogen-bond acceptors (Lipinski definition) is 2. The Kier molecular flexibility index (Phi) is 3.14. The first-order valence-electron chi connectivity index (χ1n) is 5.75. The molecule has 2 rings (SSSR count). The summed E-state index contributed by atoms with van der Waals surface area (Å²) in [6.07, 6.45) is 0.